The second-order valence-corrected chi connectivity index (χ2v) is 12.4. The van der Waals surface area contributed by atoms with Gasteiger partial charge in [-0.1, -0.05) is 46.8 Å². The van der Waals surface area contributed by atoms with E-state index in [0.29, 0.717) is 29.6 Å². The molecule has 11 atom stereocenters. The van der Waals surface area contributed by atoms with Gasteiger partial charge in [-0.15, -0.1) is 0 Å². The fourth-order valence-corrected chi connectivity index (χ4v) is 8.93. The number of allylic oxidation sites excluding steroid dienone is 1. The average Bonchev–Trinajstić information content (AvgIpc) is 3.04. The lowest BCUT2D eigenvalue weighted by atomic mass is 9.43. The molecule has 4 aliphatic carbocycles. The third-order valence-electron chi connectivity index (χ3n) is 10.6. The summed E-state index contributed by atoms with van der Waals surface area (Å²) < 4.78 is 0. The monoisotopic (exact) mass is 418 g/mol. The van der Waals surface area contributed by atoms with Crippen LogP contribution < -0.4 is 0 Å². The second kappa shape index (κ2) is 8.19. The van der Waals surface area contributed by atoms with Crippen LogP contribution in [0.3, 0.4) is 0 Å². The Hall–Kier alpha value is -0.380. The van der Waals surface area contributed by atoms with Gasteiger partial charge < -0.3 is 15.3 Å². The maximum absolute atomic E-state index is 11.2. The molecule has 0 spiro atoms. The van der Waals surface area contributed by atoms with Crippen molar-refractivity contribution in [2.45, 2.75) is 104 Å². The smallest absolute Gasteiger partial charge is 0.0749 e. The summed E-state index contributed by atoms with van der Waals surface area (Å²) in [5.74, 6) is 3.56. The molecule has 0 bridgehead atoms. The molecule has 0 radical (unpaired) electrons. The average molecular weight is 419 g/mol. The van der Waals surface area contributed by atoms with E-state index >= 15 is 0 Å². The summed E-state index contributed by atoms with van der Waals surface area (Å²) in [7, 11) is 0. The minimum atomic E-state index is -0.357. The van der Waals surface area contributed by atoms with Gasteiger partial charge in [0, 0.05) is 0 Å². The maximum atomic E-state index is 11.2. The fourth-order valence-electron chi connectivity index (χ4n) is 8.93. The van der Waals surface area contributed by atoms with Gasteiger partial charge in [0.1, 0.15) is 0 Å². The summed E-state index contributed by atoms with van der Waals surface area (Å²) in [5.41, 5.74) is 0.469. The highest BCUT2D eigenvalue weighted by molar-refractivity contribution is 5.12. The fraction of sp³-hybridized carbons (Fsp3) is 0.926. The van der Waals surface area contributed by atoms with Crippen molar-refractivity contribution >= 4 is 0 Å². The molecular weight excluding hydrogens is 372 g/mol. The van der Waals surface area contributed by atoms with Crippen molar-refractivity contribution < 1.29 is 15.3 Å². The summed E-state index contributed by atoms with van der Waals surface area (Å²) in [4.78, 5) is 0. The molecule has 0 aromatic heterocycles. The highest BCUT2D eigenvalue weighted by Crippen LogP contribution is 2.68. The van der Waals surface area contributed by atoms with Crippen LogP contribution in [-0.2, 0) is 0 Å². The molecule has 3 nitrogen and oxygen atoms in total. The molecule has 172 valence electrons. The third kappa shape index (κ3) is 3.61. The zero-order valence-electron chi connectivity index (χ0n) is 19.9. The van der Waals surface area contributed by atoms with Crippen LogP contribution in [0.5, 0.6) is 0 Å². The summed E-state index contributed by atoms with van der Waals surface area (Å²) >= 11 is 0. The normalized spacial score (nSPS) is 50.8. The Morgan fingerprint density at radius 3 is 2.17 bits per heavy atom. The lowest BCUT2D eigenvalue weighted by molar-refractivity contribution is -0.173. The van der Waals surface area contributed by atoms with Crippen LogP contribution >= 0.6 is 0 Å². The molecule has 0 heterocycles. The quantitative estimate of drug-likeness (QED) is 0.551. The zero-order valence-corrected chi connectivity index (χ0v) is 19.9. The molecule has 0 aliphatic heterocycles. The van der Waals surface area contributed by atoms with Crippen molar-refractivity contribution in [3.63, 3.8) is 0 Å². The molecule has 0 aromatic carbocycles. The molecule has 4 fully saturated rings. The Kier molecular flexibility index (Phi) is 6.23. The van der Waals surface area contributed by atoms with Crippen molar-refractivity contribution in [2.24, 2.45) is 52.3 Å². The van der Waals surface area contributed by atoms with Gasteiger partial charge in [-0.05, 0) is 104 Å². The summed E-state index contributed by atoms with van der Waals surface area (Å²) in [6.07, 6.45) is 12.0. The standard InChI is InChI=1S/C27H46O3/c1-16(2)6-9-24(29)17(3)20-7-8-21-19-15-25(30)23-14-18(28)10-12-27(23,5)22(19)11-13-26(20,21)4/h6,9,16-25,28-30H,7-8,10-15H2,1-5H3/b9-6-/t17-,18+,19-,20+,21-,22-,23-,24-,25-,26+,27+/m0/s1. The van der Waals surface area contributed by atoms with E-state index < -0.39 is 0 Å². The highest BCUT2D eigenvalue weighted by Gasteiger charge is 2.62. The first kappa shape index (κ1) is 22.8. The van der Waals surface area contributed by atoms with Gasteiger partial charge >= 0.3 is 0 Å². The number of rotatable bonds is 4. The Balaban J connectivity index is 1.55. The highest BCUT2D eigenvalue weighted by atomic mass is 16.3. The molecule has 0 amide bonds. The molecule has 0 unspecified atom stereocenters. The van der Waals surface area contributed by atoms with Crippen molar-refractivity contribution in [2.75, 3.05) is 0 Å². The Bertz CT molecular complexity index is 644. The van der Waals surface area contributed by atoms with Gasteiger partial charge in [0.2, 0.25) is 0 Å². The van der Waals surface area contributed by atoms with Crippen LogP contribution in [0.2, 0.25) is 0 Å². The molecule has 4 saturated carbocycles. The van der Waals surface area contributed by atoms with Gasteiger partial charge in [0.25, 0.3) is 0 Å². The molecule has 0 aromatic rings. The predicted octanol–water partition coefficient (Wildman–Crippen LogP) is 5.19. The minimum absolute atomic E-state index is 0.187. The van der Waals surface area contributed by atoms with Crippen molar-refractivity contribution in [1.82, 2.24) is 0 Å². The lowest BCUT2D eigenvalue weighted by Gasteiger charge is -2.62. The third-order valence-corrected chi connectivity index (χ3v) is 10.6. The molecule has 3 heteroatoms. The summed E-state index contributed by atoms with van der Waals surface area (Å²) in [5, 5.41) is 32.3. The number of aliphatic hydroxyl groups excluding tert-OH is 3. The number of fused-ring (bicyclic) bond motifs is 5. The van der Waals surface area contributed by atoms with E-state index in [1.807, 2.05) is 6.08 Å². The molecule has 0 saturated heterocycles. The van der Waals surface area contributed by atoms with Crippen LogP contribution in [0.15, 0.2) is 12.2 Å². The largest absolute Gasteiger partial charge is 0.393 e. The first-order valence-corrected chi connectivity index (χ1v) is 12.8. The van der Waals surface area contributed by atoms with Gasteiger partial charge in [-0.25, -0.2) is 0 Å². The van der Waals surface area contributed by atoms with Gasteiger partial charge in [0.15, 0.2) is 0 Å². The van der Waals surface area contributed by atoms with Crippen molar-refractivity contribution in [1.29, 1.82) is 0 Å². The Morgan fingerprint density at radius 2 is 1.47 bits per heavy atom. The van der Waals surface area contributed by atoms with Crippen LogP contribution in [0, 0.1) is 52.3 Å². The summed E-state index contributed by atoms with van der Waals surface area (Å²) in [6, 6.07) is 0. The molecule has 30 heavy (non-hydrogen) atoms. The second-order valence-electron chi connectivity index (χ2n) is 12.4. The number of hydrogen-bond acceptors (Lipinski definition) is 3. The predicted molar refractivity (Wildman–Crippen MR) is 122 cm³/mol. The van der Waals surface area contributed by atoms with Gasteiger partial charge in [-0.2, -0.15) is 0 Å². The van der Waals surface area contributed by atoms with Gasteiger partial charge in [-0.3, -0.25) is 0 Å². The maximum Gasteiger partial charge on any atom is 0.0749 e. The number of hydrogen-bond donors (Lipinski definition) is 3. The van der Waals surface area contributed by atoms with E-state index in [4.69, 9.17) is 0 Å². The molecule has 4 rings (SSSR count). The lowest BCUT2D eigenvalue weighted by Crippen LogP contribution is -2.58. The first-order chi connectivity index (χ1) is 14.1. The van der Waals surface area contributed by atoms with Crippen molar-refractivity contribution in [3.8, 4) is 0 Å². The Labute approximate surface area is 184 Å². The van der Waals surface area contributed by atoms with E-state index in [1.165, 1.54) is 25.7 Å². The van der Waals surface area contributed by atoms with E-state index in [2.05, 4.69) is 40.7 Å². The van der Waals surface area contributed by atoms with E-state index in [-0.39, 0.29) is 41.0 Å². The molecule has 4 aliphatic rings. The Morgan fingerprint density at radius 1 is 0.800 bits per heavy atom. The van der Waals surface area contributed by atoms with Crippen LogP contribution in [0.25, 0.3) is 0 Å². The topological polar surface area (TPSA) is 60.7 Å². The van der Waals surface area contributed by atoms with Crippen molar-refractivity contribution in [3.05, 3.63) is 12.2 Å². The SMILES string of the molecule is CC(C)/C=C\[C@H](O)[C@@H](C)[C@H]1CC[C@H]2[C@@H]3C[C@H](O)[C@@H]4C[C@H](O)CC[C@]4(C)[C@H]3CC[C@]12C. The number of aliphatic hydroxyl groups is 3. The van der Waals surface area contributed by atoms with Crippen LogP contribution in [0.4, 0.5) is 0 Å². The van der Waals surface area contributed by atoms with E-state index in [1.54, 1.807) is 0 Å². The van der Waals surface area contributed by atoms with Crippen LogP contribution in [-0.4, -0.2) is 33.6 Å². The summed E-state index contributed by atoms with van der Waals surface area (Å²) in [6.45, 7) is 11.5. The van der Waals surface area contributed by atoms with E-state index in [9.17, 15) is 15.3 Å². The zero-order chi connectivity index (χ0) is 21.8. The minimum Gasteiger partial charge on any atom is -0.393 e. The van der Waals surface area contributed by atoms with E-state index in [0.717, 1.165) is 25.7 Å². The molecule has 3 N–H and O–H groups in total. The van der Waals surface area contributed by atoms with Gasteiger partial charge in [0.05, 0.1) is 18.3 Å². The molecular formula is C27H46O3. The first-order valence-electron chi connectivity index (χ1n) is 12.8. The van der Waals surface area contributed by atoms with Crippen LogP contribution in [0.1, 0.15) is 86.0 Å².